The van der Waals surface area contributed by atoms with Crippen LogP contribution < -0.4 is 5.32 Å². The fourth-order valence-corrected chi connectivity index (χ4v) is 5.11. The average molecular weight is 389 g/mol. The van der Waals surface area contributed by atoms with E-state index in [4.69, 9.17) is 4.98 Å². The van der Waals surface area contributed by atoms with Crippen molar-refractivity contribution >= 4 is 17.0 Å². The highest BCUT2D eigenvalue weighted by Gasteiger charge is 2.25. The second-order valence-corrected chi connectivity index (χ2v) is 8.77. The molecule has 1 aromatic heterocycles. The molecule has 0 radical (unpaired) electrons. The van der Waals surface area contributed by atoms with Gasteiger partial charge in [-0.1, -0.05) is 61.7 Å². The van der Waals surface area contributed by atoms with Gasteiger partial charge in [-0.05, 0) is 43.4 Å². The summed E-state index contributed by atoms with van der Waals surface area (Å²) < 4.78 is 2.52. The van der Waals surface area contributed by atoms with Crippen molar-refractivity contribution in [2.75, 3.05) is 18.4 Å². The Balaban J connectivity index is 1.28. The second kappa shape index (κ2) is 8.58. The Labute approximate surface area is 173 Å². The van der Waals surface area contributed by atoms with Gasteiger partial charge in [-0.25, -0.2) is 4.98 Å². The molecule has 4 nitrogen and oxygen atoms in total. The van der Waals surface area contributed by atoms with Gasteiger partial charge in [-0.15, -0.1) is 0 Å². The first-order valence-electron chi connectivity index (χ1n) is 11.4. The summed E-state index contributed by atoms with van der Waals surface area (Å²) in [6.45, 7) is 3.36. The molecule has 2 aromatic carbocycles. The van der Waals surface area contributed by atoms with E-state index in [2.05, 4.69) is 69.4 Å². The van der Waals surface area contributed by atoms with Crippen LogP contribution in [-0.4, -0.2) is 33.6 Å². The largest absolute Gasteiger partial charge is 0.353 e. The van der Waals surface area contributed by atoms with Gasteiger partial charge in [0.25, 0.3) is 0 Å². The van der Waals surface area contributed by atoms with Gasteiger partial charge in [0.1, 0.15) is 0 Å². The van der Waals surface area contributed by atoms with Crippen LogP contribution in [0.4, 0.5) is 5.95 Å². The molecule has 29 heavy (non-hydrogen) atoms. The summed E-state index contributed by atoms with van der Waals surface area (Å²) in [6, 6.07) is 20.6. The molecule has 0 spiro atoms. The van der Waals surface area contributed by atoms with Crippen LogP contribution in [0.5, 0.6) is 0 Å². The minimum atomic E-state index is 0.515. The summed E-state index contributed by atoms with van der Waals surface area (Å²) in [6.07, 6.45) is 8.99. The van der Waals surface area contributed by atoms with Gasteiger partial charge < -0.3 is 9.88 Å². The van der Waals surface area contributed by atoms with Crippen molar-refractivity contribution in [3.63, 3.8) is 0 Å². The molecular weight excluding hydrogens is 356 g/mol. The first-order chi connectivity index (χ1) is 14.4. The van der Waals surface area contributed by atoms with Crippen LogP contribution in [0.3, 0.4) is 0 Å². The maximum Gasteiger partial charge on any atom is 0.204 e. The maximum absolute atomic E-state index is 5.01. The van der Waals surface area contributed by atoms with E-state index in [1.165, 1.54) is 56.0 Å². The van der Waals surface area contributed by atoms with E-state index >= 15 is 0 Å². The van der Waals surface area contributed by atoms with Crippen LogP contribution in [0, 0.1) is 0 Å². The molecule has 1 saturated carbocycles. The number of piperidine rings is 1. The molecular formula is C25H32N4. The lowest BCUT2D eigenvalue weighted by molar-refractivity contribution is 0.210. The zero-order valence-corrected chi connectivity index (χ0v) is 17.3. The summed E-state index contributed by atoms with van der Waals surface area (Å²) in [5.74, 6) is 1.10. The van der Waals surface area contributed by atoms with Crippen LogP contribution in [-0.2, 0) is 6.54 Å². The standard InChI is InChI=1S/C25H32N4/c1-3-9-20(10-4-1)19-28-17-15-21(16-18-28)26-25-27-23-13-7-8-14-24(23)29(25)22-11-5-2-6-12-22/h1,3-4,7-10,13-14,21-22H,2,5-6,11-12,15-19H2,(H,26,27). The number of likely N-dealkylation sites (tertiary alicyclic amines) is 1. The number of hydrogen-bond acceptors (Lipinski definition) is 3. The number of aromatic nitrogens is 2. The molecule has 0 atom stereocenters. The fraction of sp³-hybridized carbons (Fsp3) is 0.480. The quantitative estimate of drug-likeness (QED) is 0.616. The number of rotatable bonds is 5. The van der Waals surface area contributed by atoms with Crippen molar-refractivity contribution in [2.24, 2.45) is 0 Å². The lowest BCUT2D eigenvalue weighted by atomic mass is 9.95. The summed E-state index contributed by atoms with van der Waals surface area (Å²) in [5.41, 5.74) is 3.84. The van der Waals surface area contributed by atoms with Gasteiger partial charge in [0, 0.05) is 31.7 Å². The Morgan fingerprint density at radius 3 is 2.34 bits per heavy atom. The number of anilines is 1. The topological polar surface area (TPSA) is 33.1 Å². The van der Waals surface area contributed by atoms with Crippen molar-refractivity contribution in [3.8, 4) is 0 Å². The van der Waals surface area contributed by atoms with Crippen LogP contribution in [0.15, 0.2) is 54.6 Å². The van der Waals surface area contributed by atoms with Gasteiger partial charge in [-0.2, -0.15) is 0 Å². The van der Waals surface area contributed by atoms with E-state index in [-0.39, 0.29) is 0 Å². The number of imidazole rings is 1. The predicted octanol–water partition coefficient (Wildman–Crippen LogP) is 5.62. The number of nitrogens with zero attached hydrogens (tertiary/aromatic N) is 3. The Hall–Kier alpha value is -2.33. The third-order valence-electron chi connectivity index (χ3n) is 6.71. The van der Waals surface area contributed by atoms with Crippen molar-refractivity contribution in [2.45, 2.75) is 63.6 Å². The van der Waals surface area contributed by atoms with E-state index in [0.717, 1.165) is 31.1 Å². The Morgan fingerprint density at radius 2 is 1.55 bits per heavy atom. The van der Waals surface area contributed by atoms with Crippen LogP contribution in [0.25, 0.3) is 11.0 Å². The smallest absolute Gasteiger partial charge is 0.204 e. The third-order valence-corrected chi connectivity index (χ3v) is 6.71. The normalized spacial score (nSPS) is 19.6. The molecule has 3 aromatic rings. The van der Waals surface area contributed by atoms with Gasteiger partial charge in [0.2, 0.25) is 5.95 Å². The highest BCUT2D eigenvalue weighted by atomic mass is 15.2. The van der Waals surface area contributed by atoms with Crippen molar-refractivity contribution in [1.82, 2.24) is 14.5 Å². The minimum absolute atomic E-state index is 0.515. The molecule has 5 rings (SSSR count). The van der Waals surface area contributed by atoms with E-state index in [1.807, 2.05) is 0 Å². The Morgan fingerprint density at radius 1 is 0.828 bits per heavy atom. The summed E-state index contributed by atoms with van der Waals surface area (Å²) in [4.78, 5) is 7.59. The van der Waals surface area contributed by atoms with E-state index in [1.54, 1.807) is 0 Å². The SMILES string of the molecule is c1ccc(CN2CCC(Nc3nc4ccccc4n3C3CCCCC3)CC2)cc1. The molecule has 2 aliphatic rings. The zero-order chi connectivity index (χ0) is 19.5. The number of hydrogen-bond donors (Lipinski definition) is 1. The van der Waals surface area contributed by atoms with E-state index < -0.39 is 0 Å². The first-order valence-corrected chi connectivity index (χ1v) is 11.4. The molecule has 4 heteroatoms. The number of para-hydroxylation sites is 2. The highest BCUT2D eigenvalue weighted by molar-refractivity contribution is 5.79. The monoisotopic (exact) mass is 388 g/mol. The van der Waals surface area contributed by atoms with Gasteiger partial charge in [-0.3, -0.25) is 4.90 Å². The van der Waals surface area contributed by atoms with E-state index in [9.17, 15) is 0 Å². The van der Waals surface area contributed by atoms with Crippen LogP contribution in [0.2, 0.25) is 0 Å². The van der Waals surface area contributed by atoms with Gasteiger partial charge >= 0.3 is 0 Å². The van der Waals surface area contributed by atoms with Gasteiger partial charge in [0.15, 0.2) is 0 Å². The van der Waals surface area contributed by atoms with Crippen LogP contribution >= 0.6 is 0 Å². The Kier molecular flexibility index (Phi) is 5.53. The maximum atomic E-state index is 5.01. The molecule has 0 amide bonds. The fourth-order valence-electron chi connectivity index (χ4n) is 5.11. The molecule has 1 aliphatic heterocycles. The predicted molar refractivity (Wildman–Crippen MR) is 120 cm³/mol. The van der Waals surface area contributed by atoms with Crippen molar-refractivity contribution in [3.05, 3.63) is 60.2 Å². The van der Waals surface area contributed by atoms with Crippen molar-refractivity contribution in [1.29, 1.82) is 0 Å². The summed E-state index contributed by atoms with van der Waals surface area (Å²) >= 11 is 0. The summed E-state index contributed by atoms with van der Waals surface area (Å²) in [7, 11) is 0. The summed E-state index contributed by atoms with van der Waals surface area (Å²) in [5, 5.41) is 3.85. The lowest BCUT2D eigenvalue weighted by Gasteiger charge is -2.33. The molecule has 2 heterocycles. The zero-order valence-electron chi connectivity index (χ0n) is 17.3. The number of benzene rings is 2. The number of nitrogens with one attached hydrogen (secondary N) is 1. The molecule has 1 N–H and O–H groups in total. The Bertz CT molecular complexity index is 918. The van der Waals surface area contributed by atoms with E-state index in [0.29, 0.717) is 12.1 Å². The molecule has 2 fully saturated rings. The highest BCUT2D eigenvalue weighted by Crippen LogP contribution is 2.34. The minimum Gasteiger partial charge on any atom is -0.353 e. The molecule has 152 valence electrons. The average Bonchev–Trinajstić information content (AvgIpc) is 3.14. The second-order valence-electron chi connectivity index (χ2n) is 8.77. The molecule has 0 bridgehead atoms. The van der Waals surface area contributed by atoms with Gasteiger partial charge in [0.05, 0.1) is 11.0 Å². The number of fused-ring (bicyclic) bond motifs is 1. The lowest BCUT2D eigenvalue weighted by Crippen LogP contribution is -2.39. The molecule has 1 aliphatic carbocycles. The van der Waals surface area contributed by atoms with Crippen LogP contribution in [0.1, 0.15) is 56.6 Å². The van der Waals surface area contributed by atoms with Crippen molar-refractivity contribution < 1.29 is 0 Å². The molecule has 1 saturated heterocycles. The third kappa shape index (κ3) is 4.18. The first kappa shape index (κ1) is 18.7. The molecule has 0 unspecified atom stereocenters.